The van der Waals surface area contributed by atoms with Gasteiger partial charge in [0.2, 0.25) is 0 Å². The number of benzene rings is 2. The lowest BCUT2D eigenvalue weighted by atomic mass is 10.3. The van der Waals surface area contributed by atoms with Gasteiger partial charge in [-0.05, 0) is 30.3 Å². The summed E-state index contributed by atoms with van der Waals surface area (Å²) in [6, 6.07) is 11.7. The fraction of sp³-hybridized carbons (Fsp3) is 0.0714. The van der Waals surface area contributed by atoms with Gasteiger partial charge in [0.05, 0.1) is 15.6 Å². The summed E-state index contributed by atoms with van der Waals surface area (Å²) in [6.45, 7) is -0.767. The number of rotatable bonds is 5. The van der Waals surface area contributed by atoms with Gasteiger partial charge in [0, 0.05) is 5.02 Å². The minimum atomic E-state index is -4.08. The van der Waals surface area contributed by atoms with E-state index < -0.39 is 22.5 Å². The van der Waals surface area contributed by atoms with Gasteiger partial charge < -0.3 is 5.11 Å². The van der Waals surface area contributed by atoms with Crippen LogP contribution >= 0.6 is 23.2 Å². The molecule has 5 nitrogen and oxygen atoms in total. The predicted octanol–water partition coefficient (Wildman–Crippen LogP) is 3.27. The first kappa shape index (κ1) is 16.6. The molecule has 0 saturated heterocycles. The number of sulfonamides is 1. The van der Waals surface area contributed by atoms with Crippen LogP contribution in [-0.4, -0.2) is 26.0 Å². The van der Waals surface area contributed by atoms with Crippen LogP contribution in [0.2, 0.25) is 10.0 Å². The molecule has 116 valence electrons. The average Bonchev–Trinajstić information content (AvgIpc) is 2.48. The summed E-state index contributed by atoms with van der Waals surface area (Å²) in [4.78, 5) is 11.0. The molecule has 0 radical (unpaired) electrons. The lowest BCUT2D eigenvalue weighted by Gasteiger charge is -2.23. The van der Waals surface area contributed by atoms with Crippen LogP contribution in [0.4, 0.5) is 5.69 Å². The fourth-order valence-corrected chi connectivity index (χ4v) is 3.70. The zero-order valence-corrected chi connectivity index (χ0v) is 13.4. The average molecular weight is 360 g/mol. The summed E-state index contributed by atoms with van der Waals surface area (Å²) in [5.41, 5.74) is 0.0143. The number of carboxylic acids is 1. The van der Waals surface area contributed by atoms with Crippen LogP contribution in [-0.2, 0) is 14.8 Å². The van der Waals surface area contributed by atoms with Crippen molar-refractivity contribution >= 4 is 44.9 Å². The van der Waals surface area contributed by atoms with Crippen molar-refractivity contribution in [1.82, 2.24) is 0 Å². The topological polar surface area (TPSA) is 74.7 Å². The van der Waals surface area contributed by atoms with Gasteiger partial charge in [0.15, 0.2) is 0 Å². The number of anilines is 1. The Labute approximate surface area is 137 Å². The molecule has 0 aliphatic rings. The second-order valence-electron chi connectivity index (χ2n) is 4.31. The molecule has 1 N–H and O–H groups in total. The maximum atomic E-state index is 12.7. The molecule has 0 heterocycles. The highest BCUT2D eigenvalue weighted by molar-refractivity contribution is 7.92. The van der Waals surface area contributed by atoms with E-state index in [1.807, 2.05) is 0 Å². The molecule has 0 atom stereocenters. The summed E-state index contributed by atoms with van der Waals surface area (Å²) in [7, 11) is -4.08. The minimum Gasteiger partial charge on any atom is -0.480 e. The van der Waals surface area contributed by atoms with Crippen molar-refractivity contribution < 1.29 is 18.3 Å². The molecular formula is C14H11Cl2NO4S. The number of halogens is 2. The van der Waals surface area contributed by atoms with Gasteiger partial charge in [-0.25, -0.2) is 8.42 Å². The second-order valence-corrected chi connectivity index (χ2v) is 7.02. The van der Waals surface area contributed by atoms with Crippen molar-refractivity contribution in [1.29, 1.82) is 0 Å². The lowest BCUT2D eigenvalue weighted by Crippen LogP contribution is -2.36. The second kappa shape index (κ2) is 6.56. The van der Waals surface area contributed by atoms with Gasteiger partial charge in [-0.3, -0.25) is 9.10 Å². The van der Waals surface area contributed by atoms with Crippen LogP contribution in [0.5, 0.6) is 0 Å². The van der Waals surface area contributed by atoms with Crippen LogP contribution in [0.1, 0.15) is 0 Å². The quantitative estimate of drug-likeness (QED) is 0.888. The maximum absolute atomic E-state index is 12.7. The number of hydrogen-bond acceptors (Lipinski definition) is 3. The van der Waals surface area contributed by atoms with E-state index in [1.54, 1.807) is 18.2 Å². The molecule has 0 saturated carbocycles. The van der Waals surface area contributed by atoms with Crippen molar-refractivity contribution in [3.8, 4) is 0 Å². The largest absolute Gasteiger partial charge is 0.480 e. The molecule has 2 rings (SSSR count). The van der Waals surface area contributed by atoms with Crippen molar-refractivity contribution in [3.05, 3.63) is 58.6 Å². The first-order chi connectivity index (χ1) is 10.3. The van der Waals surface area contributed by atoms with Crippen LogP contribution in [0.15, 0.2) is 53.4 Å². The zero-order chi connectivity index (χ0) is 16.3. The monoisotopic (exact) mass is 359 g/mol. The van der Waals surface area contributed by atoms with Gasteiger partial charge in [-0.15, -0.1) is 0 Å². The molecule has 0 bridgehead atoms. The summed E-state index contributed by atoms with van der Waals surface area (Å²) in [6.07, 6.45) is 0. The third-order valence-electron chi connectivity index (χ3n) is 2.79. The van der Waals surface area contributed by atoms with Crippen molar-refractivity contribution in [2.75, 3.05) is 10.8 Å². The van der Waals surface area contributed by atoms with Gasteiger partial charge in [0.25, 0.3) is 10.0 Å². The van der Waals surface area contributed by atoms with Crippen LogP contribution in [0, 0.1) is 0 Å². The molecular weight excluding hydrogens is 349 g/mol. The Kier molecular flexibility index (Phi) is 4.95. The Morgan fingerprint density at radius 2 is 1.73 bits per heavy atom. The summed E-state index contributed by atoms with van der Waals surface area (Å²) < 4.78 is 26.1. The highest BCUT2D eigenvalue weighted by Gasteiger charge is 2.28. The SMILES string of the molecule is O=C(O)CN(c1cc(Cl)ccc1Cl)S(=O)(=O)c1ccccc1. The fourth-order valence-electron chi connectivity index (χ4n) is 1.82. The molecule has 0 fully saturated rings. The molecule has 0 aliphatic heterocycles. The van der Waals surface area contributed by atoms with Crippen molar-refractivity contribution in [3.63, 3.8) is 0 Å². The molecule has 2 aromatic carbocycles. The first-order valence-corrected chi connectivity index (χ1v) is 8.26. The third-order valence-corrected chi connectivity index (χ3v) is 5.12. The molecule has 2 aromatic rings. The van der Waals surface area contributed by atoms with E-state index in [0.29, 0.717) is 0 Å². The molecule has 22 heavy (non-hydrogen) atoms. The molecule has 0 aliphatic carbocycles. The number of nitrogens with zero attached hydrogens (tertiary/aromatic N) is 1. The highest BCUT2D eigenvalue weighted by atomic mass is 35.5. The van der Waals surface area contributed by atoms with Gasteiger partial charge in [-0.2, -0.15) is 0 Å². The van der Waals surface area contributed by atoms with E-state index in [2.05, 4.69) is 0 Å². The number of hydrogen-bond donors (Lipinski definition) is 1. The Bertz CT molecular complexity index is 794. The van der Waals surface area contributed by atoms with Gasteiger partial charge >= 0.3 is 5.97 Å². The molecule has 0 spiro atoms. The standard InChI is InChI=1S/C14H11Cl2NO4S/c15-10-6-7-12(16)13(8-10)17(9-14(18)19)22(20,21)11-4-2-1-3-5-11/h1-8H,9H2,(H,18,19). The Morgan fingerprint density at radius 3 is 2.32 bits per heavy atom. The van der Waals surface area contributed by atoms with E-state index in [4.69, 9.17) is 28.3 Å². The van der Waals surface area contributed by atoms with E-state index in [1.165, 1.54) is 30.3 Å². The number of carboxylic acid groups (broad SMARTS) is 1. The lowest BCUT2D eigenvalue weighted by molar-refractivity contribution is -0.135. The molecule has 0 amide bonds. The van der Waals surface area contributed by atoms with E-state index in [-0.39, 0.29) is 20.6 Å². The first-order valence-electron chi connectivity index (χ1n) is 6.07. The zero-order valence-electron chi connectivity index (χ0n) is 11.1. The van der Waals surface area contributed by atoms with Gasteiger partial charge in [0.1, 0.15) is 6.54 Å². The van der Waals surface area contributed by atoms with Crippen LogP contribution < -0.4 is 4.31 Å². The normalized spacial score (nSPS) is 11.2. The van der Waals surface area contributed by atoms with E-state index in [0.717, 1.165) is 4.31 Å². The minimum absolute atomic E-state index is 0.0143. The number of aliphatic carboxylic acids is 1. The maximum Gasteiger partial charge on any atom is 0.324 e. The Hall–Kier alpha value is -1.76. The summed E-state index contributed by atoms with van der Waals surface area (Å²) in [5.74, 6) is -1.31. The van der Waals surface area contributed by atoms with Crippen molar-refractivity contribution in [2.24, 2.45) is 0 Å². The van der Waals surface area contributed by atoms with Crippen LogP contribution in [0.3, 0.4) is 0 Å². The van der Waals surface area contributed by atoms with Crippen molar-refractivity contribution in [2.45, 2.75) is 4.90 Å². The van der Waals surface area contributed by atoms with E-state index >= 15 is 0 Å². The number of carbonyl (C=O) groups is 1. The highest BCUT2D eigenvalue weighted by Crippen LogP contribution is 2.32. The summed E-state index contributed by atoms with van der Waals surface area (Å²) >= 11 is 11.9. The third kappa shape index (κ3) is 3.52. The van der Waals surface area contributed by atoms with Crippen LogP contribution in [0.25, 0.3) is 0 Å². The Balaban J connectivity index is 2.60. The summed E-state index contributed by atoms with van der Waals surface area (Å²) in [5, 5.41) is 9.37. The van der Waals surface area contributed by atoms with E-state index in [9.17, 15) is 13.2 Å². The predicted molar refractivity (Wildman–Crippen MR) is 85.1 cm³/mol. The molecule has 0 aromatic heterocycles. The Morgan fingerprint density at radius 1 is 1.09 bits per heavy atom. The van der Waals surface area contributed by atoms with Gasteiger partial charge in [-0.1, -0.05) is 41.4 Å². The molecule has 0 unspecified atom stereocenters. The molecule has 8 heteroatoms. The smallest absolute Gasteiger partial charge is 0.324 e.